The van der Waals surface area contributed by atoms with Crippen LogP contribution in [0.25, 0.3) is 0 Å². The number of likely N-dealkylation sites (N-methyl/N-ethyl adjacent to an activating group) is 1. The van der Waals surface area contributed by atoms with Crippen molar-refractivity contribution < 1.29 is 19.3 Å². The summed E-state index contributed by atoms with van der Waals surface area (Å²) >= 11 is 6.07. The zero-order chi connectivity index (χ0) is 15.4. The van der Waals surface area contributed by atoms with Crippen LogP contribution in [0.15, 0.2) is 18.2 Å². The smallest absolute Gasteiger partial charge is 0.282 e. The summed E-state index contributed by atoms with van der Waals surface area (Å²) in [5.41, 5.74) is 0.705. The first-order valence-corrected chi connectivity index (χ1v) is 7.69. The summed E-state index contributed by atoms with van der Waals surface area (Å²) in [5.74, 6) is 0.640. The predicted molar refractivity (Wildman–Crippen MR) is 83.4 cm³/mol. The third-order valence-corrected chi connectivity index (χ3v) is 4.47. The van der Waals surface area contributed by atoms with E-state index in [1.54, 1.807) is 25.3 Å². The Kier molecular flexibility index (Phi) is 5.45. The van der Waals surface area contributed by atoms with E-state index in [1.165, 1.54) is 9.80 Å². The van der Waals surface area contributed by atoms with Crippen LogP contribution in [0.5, 0.6) is 5.75 Å². The highest BCUT2D eigenvalue weighted by Gasteiger charge is 2.29. The number of benzene rings is 1. The molecule has 1 atom stereocenters. The van der Waals surface area contributed by atoms with E-state index in [0.717, 1.165) is 26.2 Å². The highest BCUT2D eigenvalue weighted by atomic mass is 35.5. The number of piperazine rings is 1. The average molecular weight is 314 g/mol. The van der Waals surface area contributed by atoms with Gasteiger partial charge in [-0.05, 0) is 25.1 Å². The Morgan fingerprint density at radius 1 is 1.33 bits per heavy atom. The molecule has 2 rings (SSSR count). The third kappa shape index (κ3) is 4.09. The Bertz CT molecular complexity index is 502. The Morgan fingerprint density at radius 2 is 2.00 bits per heavy atom. The fraction of sp³-hybridized carbons (Fsp3) is 0.533. The van der Waals surface area contributed by atoms with Gasteiger partial charge in [-0.3, -0.25) is 4.79 Å². The van der Waals surface area contributed by atoms with Crippen molar-refractivity contribution >= 4 is 23.2 Å². The van der Waals surface area contributed by atoms with Gasteiger partial charge in [0, 0.05) is 5.69 Å². The minimum atomic E-state index is -0.0565. The molecule has 116 valence electrons. The van der Waals surface area contributed by atoms with Crippen LogP contribution in [-0.4, -0.2) is 52.3 Å². The minimum absolute atomic E-state index is 0.0331. The van der Waals surface area contributed by atoms with Crippen molar-refractivity contribution in [3.63, 3.8) is 0 Å². The molecule has 1 saturated heterocycles. The molecular formula is C15H24ClN3O2+2. The number of rotatable bonds is 4. The van der Waals surface area contributed by atoms with Gasteiger partial charge in [0.05, 0.1) is 19.2 Å². The number of carbonyl (C=O) groups excluding carboxylic acids is 1. The molecule has 0 saturated carbocycles. The van der Waals surface area contributed by atoms with Crippen LogP contribution in [0, 0.1) is 0 Å². The van der Waals surface area contributed by atoms with Crippen LogP contribution in [0.3, 0.4) is 0 Å². The molecule has 1 fully saturated rings. The summed E-state index contributed by atoms with van der Waals surface area (Å²) in [7, 11) is 3.77. The molecule has 1 heterocycles. The van der Waals surface area contributed by atoms with Crippen molar-refractivity contribution in [2.45, 2.75) is 13.0 Å². The Balaban J connectivity index is 1.95. The summed E-state index contributed by atoms with van der Waals surface area (Å²) in [5, 5.41) is 3.43. The molecule has 0 radical (unpaired) electrons. The third-order valence-electron chi connectivity index (χ3n) is 4.17. The van der Waals surface area contributed by atoms with Crippen LogP contribution in [-0.2, 0) is 4.79 Å². The molecule has 5 nitrogen and oxygen atoms in total. The largest absolute Gasteiger partial charge is 0.495 e. The van der Waals surface area contributed by atoms with Gasteiger partial charge in [0.15, 0.2) is 6.04 Å². The molecule has 0 unspecified atom stereocenters. The van der Waals surface area contributed by atoms with Crippen LogP contribution in [0.4, 0.5) is 5.69 Å². The lowest BCUT2D eigenvalue weighted by Crippen LogP contribution is -3.29. The van der Waals surface area contributed by atoms with Gasteiger partial charge in [0.1, 0.15) is 31.9 Å². The van der Waals surface area contributed by atoms with Gasteiger partial charge in [-0.1, -0.05) is 11.6 Å². The van der Waals surface area contributed by atoms with E-state index in [1.807, 2.05) is 6.92 Å². The van der Waals surface area contributed by atoms with E-state index in [4.69, 9.17) is 16.3 Å². The minimum Gasteiger partial charge on any atom is -0.495 e. The van der Waals surface area contributed by atoms with Gasteiger partial charge >= 0.3 is 0 Å². The number of amides is 1. The van der Waals surface area contributed by atoms with E-state index in [0.29, 0.717) is 16.5 Å². The van der Waals surface area contributed by atoms with Crippen molar-refractivity contribution in [3.8, 4) is 5.75 Å². The molecule has 6 heteroatoms. The lowest BCUT2D eigenvalue weighted by molar-refractivity contribution is -1.01. The van der Waals surface area contributed by atoms with E-state index in [9.17, 15) is 4.79 Å². The molecule has 1 amide bonds. The second-order valence-electron chi connectivity index (χ2n) is 5.68. The quantitative estimate of drug-likeness (QED) is 0.674. The maximum atomic E-state index is 12.3. The first-order valence-electron chi connectivity index (χ1n) is 7.31. The zero-order valence-corrected chi connectivity index (χ0v) is 13.6. The predicted octanol–water partition coefficient (Wildman–Crippen LogP) is -0.911. The number of anilines is 1. The summed E-state index contributed by atoms with van der Waals surface area (Å²) in [6, 6.07) is 5.22. The first kappa shape index (κ1) is 16.1. The second-order valence-corrected chi connectivity index (χ2v) is 6.08. The molecule has 1 aliphatic rings. The van der Waals surface area contributed by atoms with Gasteiger partial charge in [-0.25, -0.2) is 0 Å². The van der Waals surface area contributed by atoms with Crippen molar-refractivity contribution in [1.29, 1.82) is 0 Å². The molecular weight excluding hydrogens is 290 g/mol. The van der Waals surface area contributed by atoms with Gasteiger partial charge in [-0.2, -0.15) is 0 Å². The van der Waals surface area contributed by atoms with Crippen LogP contribution >= 0.6 is 11.6 Å². The standard InChI is InChI=1S/C15H22ClN3O2/c1-11(19-8-6-18(2)7-9-19)15(20)17-12-4-5-14(21-3)13(16)10-12/h4-5,10-11H,6-9H2,1-3H3,(H,17,20)/p+2/t11-/m1/s1. The monoisotopic (exact) mass is 313 g/mol. The van der Waals surface area contributed by atoms with Crippen LogP contribution in [0.1, 0.15) is 6.92 Å². The zero-order valence-electron chi connectivity index (χ0n) is 12.8. The number of methoxy groups -OCH3 is 1. The number of quaternary nitrogens is 2. The van der Waals surface area contributed by atoms with Crippen LogP contribution < -0.4 is 19.9 Å². The number of halogens is 1. The highest BCUT2D eigenvalue weighted by Crippen LogP contribution is 2.27. The van der Waals surface area contributed by atoms with E-state index in [-0.39, 0.29) is 11.9 Å². The molecule has 0 spiro atoms. The molecule has 1 aromatic rings. The van der Waals surface area contributed by atoms with Gasteiger partial charge < -0.3 is 19.9 Å². The number of nitrogens with one attached hydrogen (secondary N) is 3. The second kappa shape index (κ2) is 7.11. The number of hydrogen-bond donors (Lipinski definition) is 3. The number of carbonyl (C=O) groups is 1. The van der Waals surface area contributed by atoms with Gasteiger partial charge in [0.2, 0.25) is 0 Å². The van der Waals surface area contributed by atoms with Crippen molar-refractivity contribution in [2.24, 2.45) is 0 Å². The topological polar surface area (TPSA) is 47.2 Å². The average Bonchev–Trinajstić information content (AvgIpc) is 2.47. The first-order chi connectivity index (χ1) is 10.0. The molecule has 1 aliphatic heterocycles. The van der Waals surface area contributed by atoms with E-state index < -0.39 is 0 Å². The Hall–Kier alpha value is -1.30. The SMILES string of the molecule is COc1ccc(NC(=O)[C@@H](C)[NH+]2CC[NH+](C)CC2)cc1Cl. The normalized spacial score (nSPS) is 23.4. The Labute approximate surface area is 130 Å². The van der Waals surface area contributed by atoms with Gasteiger partial charge in [0.25, 0.3) is 5.91 Å². The maximum absolute atomic E-state index is 12.3. The van der Waals surface area contributed by atoms with Crippen LogP contribution in [0.2, 0.25) is 5.02 Å². The van der Waals surface area contributed by atoms with Gasteiger partial charge in [-0.15, -0.1) is 0 Å². The number of ether oxygens (including phenoxy) is 1. The van der Waals surface area contributed by atoms with Crippen molar-refractivity contribution in [3.05, 3.63) is 23.2 Å². The molecule has 0 bridgehead atoms. The number of hydrogen-bond acceptors (Lipinski definition) is 2. The fourth-order valence-corrected chi connectivity index (χ4v) is 2.87. The Morgan fingerprint density at radius 3 is 2.57 bits per heavy atom. The van der Waals surface area contributed by atoms with Crippen molar-refractivity contribution in [1.82, 2.24) is 0 Å². The fourth-order valence-electron chi connectivity index (χ4n) is 2.61. The molecule has 0 aromatic heterocycles. The lowest BCUT2D eigenvalue weighted by Gasteiger charge is -2.30. The van der Waals surface area contributed by atoms with Crippen molar-refractivity contribution in [2.75, 3.05) is 45.7 Å². The molecule has 3 N–H and O–H groups in total. The molecule has 0 aliphatic carbocycles. The van der Waals surface area contributed by atoms with E-state index >= 15 is 0 Å². The maximum Gasteiger partial charge on any atom is 0.282 e. The highest BCUT2D eigenvalue weighted by molar-refractivity contribution is 6.32. The van der Waals surface area contributed by atoms with E-state index in [2.05, 4.69) is 12.4 Å². The summed E-state index contributed by atoms with van der Waals surface area (Å²) < 4.78 is 5.11. The molecule has 1 aromatic carbocycles. The summed E-state index contributed by atoms with van der Waals surface area (Å²) in [6.07, 6.45) is 0. The molecule has 21 heavy (non-hydrogen) atoms. The summed E-state index contributed by atoms with van der Waals surface area (Å²) in [6.45, 7) is 6.27. The summed E-state index contributed by atoms with van der Waals surface area (Å²) in [4.78, 5) is 15.2. The lowest BCUT2D eigenvalue weighted by atomic mass is 10.2.